The molecule has 1 aromatic carbocycles. The number of nitrogens with two attached hydrogens (primary N) is 1. The van der Waals surface area contributed by atoms with Crippen LogP contribution in [0.1, 0.15) is 24.3 Å². The molecule has 5 N–H and O–H groups in total. The molecule has 0 bridgehead atoms. The highest BCUT2D eigenvalue weighted by molar-refractivity contribution is 7.47. The summed E-state index contributed by atoms with van der Waals surface area (Å²) in [5, 5.41) is 20.4. The molecule has 1 fully saturated rings. The van der Waals surface area contributed by atoms with Crippen molar-refractivity contribution in [3.8, 4) is 0 Å². The Hall–Kier alpha value is -1.36. The standard InChI is InChI=1S/C17H26N3O7P/c1-9-4-12-13(5-10(9)2)20(8-19-12)17-15(22)16(14(7-21)25-17)27-28(23,24)26-11(3)6-18/h4-5,8,11,14-17,21-22H,6-7,18H2,1-3H3,(H,23,24)/t11?,14-,15-,16-,17+/m1/s1. The quantitative estimate of drug-likeness (QED) is 0.481. The molecule has 1 aliphatic rings. The van der Waals surface area contributed by atoms with Gasteiger partial charge in [-0.05, 0) is 44.0 Å². The molecule has 2 unspecified atom stereocenters. The van der Waals surface area contributed by atoms with Gasteiger partial charge in [-0.15, -0.1) is 0 Å². The minimum atomic E-state index is -4.52. The Bertz CT molecular complexity index is 889. The lowest BCUT2D eigenvalue weighted by Gasteiger charge is -2.23. The molecule has 3 rings (SSSR count). The van der Waals surface area contributed by atoms with Crippen LogP contribution in [-0.2, 0) is 18.3 Å². The molecular weight excluding hydrogens is 389 g/mol. The average molecular weight is 415 g/mol. The number of phosphoric acid groups is 1. The van der Waals surface area contributed by atoms with Crippen LogP contribution in [-0.4, -0.2) is 62.2 Å². The van der Waals surface area contributed by atoms with Crippen LogP contribution in [0.3, 0.4) is 0 Å². The van der Waals surface area contributed by atoms with Gasteiger partial charge in [0.1, 0.15) is 18.3 Å². The number of imidazole rings is 1. The van der Waals surface area contributed by atoms with Gasteiger partial charge in [-0.2, -0.15) is 0 Å². The Morgan fingerprint density at radius 1 is 1.39 bits per heavy atom. The van der Waals surface area contributed by atoms with Gasteiger partial charge < -0.3 is 30.1 Å². The smallest absolute Gasteiger partial charge is 0.394 e. The van der Waals surface area contributed by atoms with E-state index >= 15 is 0 Å². The molecule has 156 valence electrons. The number of ether oxygens (including phenoxy) is 1. The van der Waals surface area contributed by atoms with Crippen LogP contribution >= 0.6 is 7.82 Å². The monoisotopic (exact) mass is 415 g/mol. The van der Waals surface area contributed by atoms with E-state index in [1.165, 1.54) is 13.3 Å². The van der Waals surface area contributed by atoms with Gasteiger partial charge in [0.15, 0.2) is 6.23 Å². The van der Waals surface area contributed by atoms with Crippen LogP contribution in [0.15, 0.2) is 18.5 Å². The first-order chi connectivity index (χ1) is 13.2. The van der Waals surface area contributed by atoms with Crippen LogP contribution in [0.4, 0.5) is 0 Å². The number of hydrogen-bond acceptors (Lipinski definition) is 8. The van der Waals surface area contributed by atoms with Gasteiger partial charge in [-0.1, -0.05) is 0 Å². The minimum absolute atomic E-state index is 0.0173. The Morgan fingerprint density at radius 2 is 2.07 bits per heavy atom. The van der Waals surface area contributed by atoms with E-state index in [9.17, 15) is 19.7 Å². The highest BCUT2D eigenvalue weighted by atomic mass is 31.2. The van der Waals surface area contributed by atoms with Crippen molar-refractivity contribution in [3.63, 3.8) is 0 Å². The molecular formula is C17H26N3O7P. The fourth-order valence-electron chi connectivity index (χ4n) is 3.16. The number of aromatic nitrogens is 2. The molecule has 2 aromatic rings. The SMILES string of the molecule is Cc1cc2ncn([C@H]3O[C@H](CO)[C@@H](OP(=O)(O)OC(C)CN)[C@H]3O)c2cc1C. The third kappa shape index (κ3) is 4.14. The molecule has 0 radical (unpaired) electrons. The number of aliphatic hydroxyl groups excluding tert-OH is 2. The van der Waals surface area contributed by atoms with Crippen molar-refractivity contribution in [2.75, 3.05) is 13.2 Å². The molecule has 0 spiro atoms. The van der Waals surface area contributed by atoms with Gasteiger partial charge in [0.2, 0.25) is 0 Å². The van der Waals surface area contributed by atoms with Crippen molar-refractivity contribution in [1.29, 1.82) is 0 Å². The maximum absolute atomic E-state index is 12.2. The molecule has 6 atom stereocenters. The van der Waals surface area contributed by atoms with Crippen molar-refractivity contribution in [2.24, 2.45) is 5.73 Å². The van der Waals surface area contributed by atoms with E-state index in [1.54, 1.807) is 4.57 Å². The molecule has 1 aromatic heterocycles. The second-order valence-corrected chi connectivity index (χ2v) is 8.36. The number of aliphatic hydroxyl groups is 2. The topological polar surface area (TPSA) is 149 Å². The summed E-state index contributed by atoms with van der Waals surface area (Å²) in [6.45, 7) is 4.95. The van der Waals surface area contributed by atoms with E-state index in [2.05, 4.69) is 4.98 Å². The van der Waals surface area contributed by atoms with E-state index in [4.69, 9.17) is 19.5 Å². The first kappa shape index (κ1) is 21.4. The number of nitrogens with zero attached hydrogens (tertiary/aromatic N) is 2. The Labute approximate surface area is 162 Å². The Kier molecular flexibility index (Phi) is 6.23. The third-order valence-corrected chi connectivity index (χ3v) is 5.99. The lowest BCUT2D eigenvalue weighted by molar-refractivity contribution is -0.0511. The lowest BCUT2D eigenvalue weighted by Crippen LogP contribution is -2.36. The average Bonchev–Trinajstić information content (AvgIpc) is 3.16. The summed E-state index contributed by atoms with van der Waals surface area (Å²) < 4.78 is 29.6. The van der Waals surface area contributed by atoms with E-state index < -0.39 is 45.1 Å². The summed E-state index contributed by atoms with van der Waals surface area (Å²) in [6, 6.07) is 3.84. The van der Waals surface area contributed by atoms with E-state index in [0.717, 1.165) is 22.2 Å². The van der Waals surface area contributed by atoms with Crippen molar-refractivity contribution in [1.82, 2.24) is 9.55 Å². The number of aryl methyl sites for hydroxylation is 2. The van der Waals surface area contributed by atoms with E-state index in [0.29, 0.717) is 0 Å². The lowest BCUT2D eigenvalue weighted by atomic mass is 10.1. The number of benzene rings is 1. The van der Waals surface area contributed by atoms with Crippen LogP contribution in [0.5, 0.6) is 0 Å². The van der Waals surface area contributed by atoms with E-state index in [1.807, 2.05) is 26.0 Å². The van der Waals surface area contributed by atoms with Crippen LogP contribution in [0, 0.1) is 13.8 Å². The molecule has 11 heteroatoms. The maximum atomic E-state index is 12.2. The number of fused-ring (bicyclic) bond motifs is 1. The Balaban J connectivity index is 1.87. The van der Waals surface area contributed by atoms with E-state index in [-0.39, 0.29) is 6.54 Å². The number of rotatable bonds is 7. The highest BCUT2D eigenvalue weighted by Gasteiger charge is 2.49. The Morgan fingerprint density at radius 3 is 2.71 bits per heavy atom. The number of phosphoric ester groups is 1. The third-order valence-electron chi connectivity index (χ3n) is 4.85. The highest BCUT2D eigenvalue weighted by Crippen LogP contribution is 2.49. The predicted octanol–water partition coefficient (Wildman–Crippen LogP) is 0.753. The molecule has 0 amide bonds. The maximum Gasteiger partial charge on any atom is 0.472 e. The van der Waals surface area contributed by atoms with Crippen molar-refractivity contribution >= 4 is 18.9 Å². The zero-order chi connectivity index (χ0) is 20.6. The molecule has 10 nitrogen and oxygen atoms in total. The second-order valence-electron chi connectivity index (χ2n) is 7.01. The summed E-state index contributed by atoms with van der Waals surface area (Å²) in [7, 11) is -4.52. The van der Waals surface area contributed by atoms with Gasteiger partial charge in [0, 0.05) is 6.54 Å². The normalized spacial score (nSPS) is 28.5. The summed E-state index contributed by atoms with van der Waals surface area (Å²) >= 11 is 0. The molecule has 1 saturated heterocycles. The van der Waals surface area contributed by atoms with Crippen LogP contribution < -0.4 is 5.73 Å². The first-order valence-corrected chi connectivity index (χ1v) is 10.4. The fraction of sp³-hybridized carbons (Fsp3) is 0.588. The zero-order valence-corrected chi connectivity index (χ0v) is 16.8. The van der Waals surface area contributed by atoms with Gasteiger partial charge in [-0.3, -0.25) is 9.05 Å². The van der Waals surface area contributed by atoms with Gasteiger partial charge in [0.05, 0.1) is 30.1 Å². The van der Waals surface area contributed by atoms with Gasteiger partial charge >= 0.3 is 7.82 Å². The molecule has 0 saturated carbocycles. The largest absolute Gasteiger partial charge is 0.472 e. The molecule has 1 aliphatic heterocycles. The predicted molar refractivity (Wildman–Crippen MR) is 101 cm³/mol. The van der Waals surface area contributed by atoms with Crippen molar-refractivity contribution in [2.45, 2.75) is 51.4 Å². The summed E-state index contributed by atoms with van der Waals surface area (Å²) in [4.78, 5) is 14.3. The van der Waals surface area contributed by atoms with Crippen molar-refractivity contribution in [3.05, 3.63) is 29.6 Å². The number of hydrogen-bond donors (Lipinski definition) is 4. The molecule has 28 heavy (non-hydrogen) atoms. The molecule has 2 heterocycles. The first-order valence-electron chi connectivity index (χ1n) is 8.94. The van der Waals surface area contributed by atoms with Crippen LogP contribution in [0.2, 0.25) is 0 Å². The minimum Gasteiger partial charge on any atom is -0.394 e. The fourth-order valence-corrected chi connectivity index (χ4v) is 4.32. The zero-order valence-electron chi connectivity index (χ0n) is 15.9. The van der Waals surface area contributed by atoms with Gasteiger partial charge in [-0.25, -0.2) is 9.55 Å². The molecule has 0 aliphatic carbocycles. The second kappa shape index (κ2) is 8.17. The van der Waals surface area contributed by atoms with Crippen LogP contribution in [0.25, 0.3) is 11.0 Å². The van der Waals surface area contributed by atoms with Gasteiger partial charge in [0.25, 0.3) is 0 Å². The van der Waals surface area contributed by atoms with Crippen molar-refractivity contribution < 1.29 is 33.5 Å². The summed E-state index contributed by atoms with van der Waals surface area (Å²) in [5.74, 6) is 0. The summed E-state index contributed by atoms with van der Waals surface area (Å²) in [6.07, 6.45) is -3.81. The summed E-state index contributed by atoms with van der Waals surface area (Å²) in [5.41, 5.74) is 8.95.